The lowest BCUT2D eigenvalue weighted by molar-refractivity contribution is -0.142. The molecular weight excluding hydrogens is 398 g/mol. The highest BCUT2D eigenvalue weighted by Gasteiger charge is 2.13. The van der Waals surface area contributed by atoms with Crippen LogP contribution < -0.4 is 19.5 Å². The number of rotatable bonds is 7. The third-order valence-corrected chi connectivity index (χ3v) is 4.29. The molecule has 3 aromatic rings. The molecule has 0 spiro atoms. The second-order valence-electron chi connectivity index (χ2n) is 6.51. The van der Waals surface area contributed by atoms with E-state index in [0.717, 1.165) is 5.56 Å². The number of amides is 1. The maximum Gasteiger partial charge on any atom is 0.331 e. The van der Waals surface area contributed by atoms with Crippen molar-refractivity contribution in [2.45, 2.75) is 0 Å². The standard InChI is InChI=1S/C24H19NO6/c26-23(25-19-8-4-5-9-20(19)31-18-6-2-1-3-7-18)15-28-24(27)13-11-17-10-12-21-22(14-17)30-16-29-21/h1-14H,15-16H2,(H,25,26)/b13-11+. The number of para-hydroxylation sites is 3. The van der Waals surface area contributed by atoms with Crippen molar-refractivity contribution in [1.29, 1.82) is 0 Å². The molecule has 0 aromatic heterocycles. The van der Waals surface area contributed by atoms with Crippen LogP contribution in [-0.4, -0.2) is 25.3 Å². The van der Waals surface area contributed by atoms with Crippen LogP contribution in [0, 0.1) is 0 Å². The normalized spacial score (nSPS) is 11.9. The van der Waals surface area contributed by atoms with Crippen molar-refractivity contribution in [2.24, 2.45) is 0 Å². The minimum atomic E-state index is -0.637. The highest BCUT2D eigenvalue weighted by Crippen LogP contribution is 2.33. The van der Waals surface area contributed by atoms with E-state index >= 15 is 0 Å². The van der Waals surface area contributed by atoms with Crippen molar-refractivity contribution in [3.8, 4) is 23.0 Å². The number of hydrogen-bond donors (Lipinski definition) is 1. The molecule has 7 heteroatoms. The van der Waals surface area contributed by atoms with Crippen LogP contribution in [-0.2, 0) is 14.3 Å². The molecule has 1 aliphatic rings. The van der Waals surface area contributed by atoms with Gasteiger partial charge in [-0.15, -0.1) is 0 Å². The fourth-order valence-corrected chi connectivity index (χ4v) is 2.83. The molecule has 0 saturated heterocycles. The van der Waals surface area contributed by atoms with Crippen LogP contribution in [0.3, 0.4) is 0 Å². The lowest BCUT2D eigenvalue weighted by Gasteiger charge is -2.12. The van der Waals surface area contributed by atoms with Crippen molar-refractivity contribution in [1.82, 2.24) is 0 Å². The topological polar surface area (TPSA) is 83.1 Å². The van der Waals surface area contributed by atoms with Gasteiger partial charge < -0.3 is 24.3 Å². The Balaban J connectivity index is 1.30. The summed E-state index contributed by atoms with van der Waals surface area (Å²) in [4.78, 5) is 24.2. The van der Waals surface area contributed by atoms with E-state index < -0.39 is 18.5 Å². The molecule has 0 atom stereocenters. The average Bonchev–Trinajstić information content (AvgIpc) is 3.26. The minimum Gasteiger partial charge on any atom is -0.455 e. The zero-order chi connectivity index (χ0) is 21.5. The summed E-state index contributed by atoms with van der Waals surface area (Å²) in [6, 6.07) is 21.5. The van der Waals surface area contributed by atoms with Crippen molar-refractivity contribution in [3.63, 3.8) is 0 Å². The lowest BCUT2D eigenvalue weighted by Crippen LogP contribution is -2.20. The molecule has 0 saturated carbocycles. The predicted molar refractivity (Wildman–Crippen MR) is 114 cm³/mol. The van der Waals surface area contributed by atoms with E-state index in [-0.39, 0.29) is 6.79 Å². The predicted octanol–water partition coefficient (Wildman–Crippen LogP) is 4.40. The number of esters is 1. The summed E-state index contributed by atoms with van der Waals surface area (Å²) in [7, 11) is 0. The molecular formula is C24H19NO6. The van der Waals surface area contributed by atoms with Gasteiger partial charge in [-0.1, -0.05) is 36.4 Å². The fourth-order valence-electron chi connectivity index (χ4n) is 2.83. The molecule has 0 aliphatic carbocycles. The van der Waals surface area contributed by atoms with Crippen LogP contribution in [0.1, 0.15) is 5.56 Å². The Morgan fingerprint density at radius 2 is 1.71 bits per heavy atom. The molecule has 0 radical (unpaired) electrons. The van der Waals surface area contributed by atoms with Crippen molar-refractivity contribution in [3.05, 3.63) is 84.4 Å². The Hall–Kier alpha value is -4.26. The first-order valence-corrected chi connectivity index (χ1v) is 9.54. The third-order valence-electron chi connectivity index (χ3n) is 4.29. The van der Waals surface area contributed by atoms with E-state index in [1.807, 2.05) is 30.3 Å². The highest BCUT2D eigenvalue weighted by atomic mass is 16.7. The largest absolute Gasteiger partial charge is 0.455 e. The quantitative estimate of drug-likeness (QED) is 0.453. The van der Waals surface area contributed by atoms with E-state index in [9.17, 15) is 9.59 Å². The average molecular weight is 417 g/mol. The smallest absolute Gasteiger partial charge is 0.331 e. The summed E-state index contributed by atoms with van der Waals surface area (Å²) >= 11 is 0. The van der Waals surface area contributed by atoms with Crippen molar-refractivity contribution < 1.29 is 28.5 Å². The van der Waals surface area contributed by atoms with Crippen LogP contribution in [0.15, 0.2) is 78.9 Å². The number of nitrogens with one attached hydrogen (secondary N) is 1. The molecule has 1 aliphatic heterocycles. The molecule has 1 amide bonds. The van der Waals surface area contributed by atoms with E-state index in [1.165, 1.54) is 6.08 Å². The Morgan fingerprint density at radius 3 is 2.58 bits per heavy atom. The molecule has 0 fully saturated rings. The van der Waals surface area contributed by atoms with Crippen LogP contribution in [0.4, 0.5) is 5.69 Å². The molecule has 156 valence electrons. The number of fused-ring (bicyclic) bond motifs is 1. The van der Waals surface area contributed by atoms with Gasteiger partial charge in [-0.25, -0.2) is 4.79 Å². The van der Waals surface area contributed by atoms with Gasteiger partial charge >= 0.3 is 5.97 Å². The number of hydrogen-bond acceptors (Lipinski definition) is 6. The van der Waals surface area contributed by atoms with Gasteiger partial charge in [0.15, 0.2) is 23.9 Å². The monoisotopic (exact) mass is 417 g/mol. The molecule has 0 bridgehead atoms. The molecule has 4 rings (SSSR count). The van der Waals surface area contributed by atoms with Gasteiger partial charge in [0, 0.05) is 6.08 Å². The minimum absolute atomic E-state index is 0.180. The second kappa shape index (κ2) is 9.49. The second-order valence-corrected chi connectivity index (χ2v) is 6.51. The number of ether oxygens (including phenoxy) is 4. The summed E-state index contributed by atoms with van der Waals surface area (Å²) in [6.45, 7) is -0.247. The summed E-state index contributed by atoms with van der Waals surface area (Å²) in [6.07, 6.45) is 2.82. The zero-order valence-corrected chi connectivity index (χ0v) is 16.4. The van der Waals surface area contributed by atoms with Crippen LogP contribution >= 0.6 is 0 Å². The first-order chi connectivity index (χ1) is 15.2. The molecule has 0 unspecified atom stereocenters. The van der Waals surface area contributed by atoms with E-state index in [2.05, 4.69) is 5.32 Å². The number of benzene rings is 3. The van der Waals surface area contributed by atoms with Gasteiger partial charge in [-0.2, -0.15) is 0 Å². The SMILES string of the molecule is O=C(COC(=O)/C=C/c1ccc2c(c1)OCO2)Nc1ccccc1Oc1ccccc1. The van der Waals surface area contributed by atoms with Crippen molar-refractivity contribution in [2.75, 3.05) is 18.7 Å². The van der Waals surface area contributed by atoms with Crippen LogP contribution in [0.5, 0.6) is 23.0 Å². The summed E-state index contributed by atoms with van der Waals surface area (Å²) in [5.74, 6) is 1.29. The van der Waals surface area contributed by atoms with Gasteiger partial charge in [0.1, 0.15) is 5.75 Å². The van der Waals surface area contributed by atoms with Gasteiger partial charge in [0.2, 0.25) is 6.79 Å². The maximum absolute atomic E-state index is 12.2. The number of carbonyl (C=O) groups is 2. The summed E-state index contributed by atoms with van der Waals surface area (Å²) in [5.41, 5.74) is 1.22. The Kier molecular flexibility index (Phi) is 6.13. The number of anilines is 1. The molecule has 3 aromatic carbocycles. The van der Waals surface area contributed by atoms with Gasteiger partial charge in [0.25, 0.3) is 5.91 Å². The molecule has 7 nitrogen and oxygen atoms in total. The van der Waals surface area contributed by atoms with Crippen molar-refractivity contribution >= 4 is 23.6 Å². The first kappa shape index (κ1) is 20.0. The molecule has 31 heavy (non-hydrogen) atoms. The number of carbonyl (C=O) groups excluding carboxylic acids is 2. The van der Waals surface area contributed by atoms with E-state index in [0.29, 0.717) is 28.7 Å². The first-order valence-electron chi connectivity index (χ1n) is 9.54. The van der Waals surface area contributed by atoms with Gasteiger partial charge in [0.05, 0.1) is 5.69 Å². The lowest BCUT2D eigenvalue weighted by atomic mass is 10.2. The van der Waals surface area contributed by atoms with Crippen LogP contribution in [0.25, 0.3) is 6.08 Å². The van der Waals surface area contributed by atoms with Crippen LogP contribution in [0.2, 0.25) is 0 Å². The Labute approximate surface area is 178 Å². The molecule has 1 N–H and O–H groups in total. The molecule has 1 heterocycles. The fraction of sp³-hybridized carbons (Fsp3) is 0.0833. The Morgan fingerprint density at radius 1 is 0.935 bits per heavy atom. The van der Waals surface area contributed by atoms with Gasteiger partial charge in [-0.05, 0) is 48.0 Å². The van der Waals surface area contributed by atoms with E-state index in [4.69, 9.17) is 18.9 Å². The summed E-state index contributed by atoms with van der Waals surface area (Å²) in [5, 5.41) is 2.69. The highest BCUT2D eigenvalue weighted by molar-refractivity contribution is 5.95. The zero-order valence-electron chi connectivity index (χ0n) is 16.4. The third kappa shape index (κ3) is 5.42. The Bertz CT molecular complexity index is 1110. The summed E-state index contributed by atoms with van der Waals surface area (Å²) < 4.78 is 21.4. The maximum atomic E-state index is 12.2. The van der Waals surface area contributed by atoms with E-state index in [1.54, 1.807) is 48.5 Å². The van der Waals surface area contributed by atoms with Gasteiger partial charge in [-0.3, -0.25) is 4.79 Å².